The molecular formula is C13H20N4. The molecule has 1 atom stereocenters. The standard InChI is InChI=1S/C13H20N4/c14-11(9-5-6-9)7-15-13-10-3-1-2-4-12(10)16-8-17-13/h8-9,11H,1-7,14H2,(H,15,16,17). The average molecular weight is 232 g/mol. The average Bonchev–Trinajstić information content (AvgIpc) is 3.20. The summed E-state index contributed by atoms with van der Waals surface area (Å²) in [6, 6.07) is 0.282. The number of nitrogens with zero attached hydrogens (tertiary/aromatic N) is 2. The van der Waals surface area contributed by atoms with E-state index in [0.29, 0.717) is 0 Å². The molecule has 0 amide bonds. The summed E-state index contributed by atoms with van der Waals surface area (Å²) in [4.78, 5) is 8.74. The summed E-state index contributed by atoms with van der Waals surface area (Å²) in [7, 11) is 0. The van der Waals surface area contributed by atoms with Gasteiger partial charge >= 0.3 is 0 Å². The fourth-order valence-corrected chi connectivity index (χ4v) is 2.58. The molecule has 92 valence electrons. The maximum Gasteiger partial charge on any atom is 0.132 e. The quantitative estimate of drug-likeness (QED) is 0.826. The Hall–Kier alpha value is -1.16. The van der Waals surface area contributed by atoms with Crippen molar-refractivity contribution in [2.45, 2.75) is 44.6 Å². The summed E-state index contributed by atoms with van der Waals surface area (Å²) in [5, 5.41) is 3.42. The van der Waals surface area contributed by atoms with Crippen LogP contribution in [0, 0.1) is 5.92 Å². The summed E-state index contributed by atoms with van der Waals surface area (Å²) < 4.78 is 0. The summed E-state index contributed by atoms with van der Waals surface area (Å²) in [5.41, 5.74) is 8.65. The minimum absolute atomic E-state index is 0.282. The van der Waals surface area contributed by atoms with E-state index in [1.165, 1.54) is 36.9 Å². The lowest BCUT2D eigenvalue weighted by molar-refractivity contribution is 0.616. The van der Waals surface area contributed by atoms with Crippen LogP contribution in [0.15, 0.2) is 6.33 Å². The molecule has 1 heterocycles. The predicted molar refractivity (Wildman–Crippen MR) is 67.9 cm³/mol. The van der Waals surface area contributed by atoms with E-state index >= 15 is 0 Å². The third kappa shape index (κ3) is 2.41. The Labute approximate surface area is 102 Å². The minimum atomic E-state index is 0.282. The molecule has 1 aromatic rings. The van der Waals surface area contributed by atoms with Crippen molar-refractivity contribution >= 4 is 5.82 Å². The molecule has 0 aromatic carbocycles. The van der Waals surface area contributed by atoms with Crippen LogP contribution in [0.2, 0.25) is 0 Å². The molecule has 1 unspecified atom stereocenters. The first-order valence-electron chi connectivity index (χ1n) is 6.67. The van der Waals surface area contributed by atoms with E-state index in [-0.39, 0.29) is 6.04 Å². The number of aromatic nitrogens is 2. The predicted octanol–water partition coefficient (Wildman–Crippen LogP) is 1.50. The molecule has 3 N–H and O–H groups in total. The first-order valence-corrected chi connectivity index (χ1v) is 6.67. The van der Waals surface area contributed by atoms with Crippen LogP contribution in [0.5, 0.6) is 0 Å². The van der Waals surface area contributed by atoms with Crippen molar-refractivity contribution in [2.75, 3.05) is 11.9 Å². The maximum atomic E-state index is 6.10. The summed E-state index contributed by atoms with van der Waals surface area (Å²) in [5.74, 6) is 1.76. The molecule has 0 radical (unpaired) electrons. The van der Waals surface area contributed by atoms with Gasteiger partial charge in [-0.2, -0.15) is 0 Å². The molecule has 2 aliphatic carbocycles. The maximum absolute atomic E-state index is 6.10. The molecule has 0 aliphatic heterocycles. The first kappa shape index (κ1) is 11.0. The monoisotopic (exact) mass is 232 g/mol. The first-order chi connectivity index (χ1) is 8.34. The van der Waals surface area contributed by atoms with Gasteiger partial charge in [0.05, 0.1) is 0 Å². The van der Waals surface area contributed by atoms with Gasteiger partial charge in [0.15, 0.2) is 0 Å². The molecule has 17 heavy (non-hydrogen) atoms. The number of hydrogen-bond acceptors (Lipinski definition) is 4. The van der Waals surface area contributed by atoms with Crippen LogP contribution in [0.4, 0.5) is 5.82 Å². The second-order valence-electron chi connectivity index (χ2n) is 5.24. The van der Waals surface area contributed by atoms with E-state index in [1.807, 2.05) is 0 Å². The fraction of sp³-hybridized carbons (Fsp3) is 0.692. The van der Waals surface area contributed by atoms with Gasteiger partial charge in [-0.3, -0.25) is 0 Å². The van der Waals surface area contributed by atoms with Crippen LogP contribution in [0.3, 0.4) is 0 Å². The van der Waals surface area contributed by atoms with Gasteiger partial charge < -0.3 is 11.1 Å². The third-order valence-corrected chi connectivity index (χ3v) is 3.86. The Morgan fingerprint density at radius 2 is 2.12 bits per heavy atom. The van der Waals surface area contributed by atoms with Crippen molar-refractivity contribution < 1.29 is 0 Å². The smallest absolute Gasteiger partial charge is 0.132 e. The summed E-state index contributed by atoms with van der Waals surface area (Å²) in [6.07, 6.45) is 8.98. The van der Waals surface area contributed by atoms with Gasteiger partial charge in [0.25, 0.3) is 0 Å². The second-order valence-corrected chi connectivity index (χ2v) is 5.24. The number of hydrogen-bond donors (Lipinski definition) is 2. The largest absolute Gasteiger partial charge is 0.368 e. The number of aryl methyl sites for hydroxylation is 1. The molecule has 3 rings (SSSR count). The topological polar surface area (TPSA) is 63.8 Å². The molecule has 4 heteroatoms. The zero-order valence-corrected chi connectivity index (χ0v) is 10.2. The van der Waals surface area contributed by atoms with Gasteiger partial charge in [0.2, 0.25) is 0 Å². The van der Waals surface area contributed by atoms with Crippen molar-refractivity contribution in [3.63, 3.8) is 0 Å². The van der Waals surface area contributed by atoms with Gasteiger partial charge in [-0.25, -0.2) is 9.97 Å². The normalized spacial score (nSPS) is 20.8. The van der Waals surface area contributed by atoms with Crippen LogP contribution in [0.1, 0.15) is 36.9 Å². The molecular weight excluding hydrogens is 212 g/mol. The number of nitrogens with one attached hydrogen (secondary N) is 1. The van der Waals surface area contributed by atoms with E-state index in [4.69, 9.17) is 5.73 Å². The molecule has 1 saturated carbocycles. The van der Waals surface area contributed by atoms with E-state index in [1.54, 1.807) is 6.33 Å². The Kier molecular flexibility index (Phi) is 2.97. The number of rotatable bonds is 4. The zero-order chi connectivity index (χ0) is 11.7. The molecule has 0 bridgehead atoms. The van der Waals surface area contributed by atoms with Crippen LogP contribution in [0.25, 0.3) is 0 Å². The lowest BCUT2D eigenvalue weighted by Crippen LogP contribution is -2.31. The van der Waals surface area contributed by atoms with Gasteiger partial charge in [0.1, 0.15) is 12.1 Å². The van der Waals surface area contributed by atoms with E-state index in [0.717, 1.165) is 31.1 Å². The molecule has 1 fully saturated rings. The van der Waals surface area contributed by atoms with Crippen LogP contribution in [-0.2, 0) is 12.8 Å². The van der Waals surface area contributed by atoms with Gasteiger partial charge in [-0.15, -0.1) is 0 Å². The molecule has 0 saturated heterocycles. The Balaban J connectivity index is 1.69. The highest BCUT2D eigenvalue weighted by molar-refractivity contribution is 5.47. The van der Waals surface area contributed by atoms with Gasteiger partial charge in [-0.1, -0.05) is 0 Å². The van der Waals surface area contributed by atoms with Crippen molar-refractivity contribution in [3.05, 3.63) is 17.6 Å². The third-order valence-electron chi connectivity index (χ3n) is 3.86. The van der Waals surface area contributed by atoms with Gasteiger partial charge in [0, 0.05) is 23.8 Å². The minimum Gasteiger partial charge on any atom is -0.368 e. The Morgan fingerprint density at radius 3 is 2.94 bits per heavy atom. The lowest BCUT2D eigenvalue weighted by atomic mass is 9.96. The van der Waals surface area contributed by atoms with Crippen molar-refractivity contribution in [3.8, 4) is 0 Å². The zero-order valence-electron chi connectivity index (χ0n) is 10.2. The van der Waals surface area contributed by atoms with Gasteiger partial charge in [-0.05, 0) is 44.4 Å². The highest BCUT2D eigenvalue weighted by Gasteiger charge is 2.28. The van der Waals surface area contributed by atoms with Crippen LogP contribution >= 0.6 is 0 Å². The highest BCUT2D eigenvalue weighted by atomic mass is 15.0. The SMILES string of the molecule is NC(CNc1ncnc2c1CCCC2)C1CC1. The van der Waals surface area contributed by atoms with E-state index in [9.17, 15) is 0 Å². The summed E-state index contributed by atoms with van der Waals surface area (Å²) >= 11 is 0. The lowest BCUT2D eigenvalue weighted by Gasteiger charge is -2.19. The van der Waals surface area contributed by atoms with Crippen molar-refractivity contribution in [1.29, 1.82) is 0 Å². The molecule has 1 aromatic heterocycles. The Morgan fingerprint density at radius 1 is 1.29 bits per heavy atom. The van der Waals surface area contributed by atoms with Crippen molar-refractivity contribution in [1.82, 2.24) is 9.97 Å². The van der Waals surface area contributed by atoms with E-state index < -0.39 is 0 Å². The van der Waals surface area contributed by atoms with Crippen molar-refractivity contribution in [2.24, 2.45) is 11.7 Å². The molecule has 2 aliphatic rings. The molecule has 4 nitrogen and oxygen atoms in total. The number of fused-ring (bicyclic) bond motifs is 1. The van der Waals surface area contributed by atoms with Crippen LogP contribution < -0.4 is 11.1 Å². The second kappa shape index (κ2) is 4.61. The summed E-state index contributed by atoms with van der Waals surface area (Å²) in [6.45, 7) is 0.841. The number of anilines is 1. The van der Waals surface area contributed by atoms with E-state index in [2.05, 4.69) is 15.3 Å². The highest BCUT2D eigenvalue weighted by Crippen LogP contribution is 2.32. The Bertz CT molecular complexity index is 400. The van der Waals surface area contributed by atoms with Crippen LogP contribution in [-0.4, -0.2) is 22.6 Å². The fourth-order valence-electron chi connectivity index (χ4n) is 2.58. The molecule has 0 spiro atoms. The number of nitrogens with two attached hydrogens (primary N) is 1.